The molecule has 5 heteroatoms. The number of hydrogen-bond acceptors (Lipinski definition) is 4. The van der Waals surface area contributed by atoms with E-state index in [2.05, 4.69) is 21.8 Å². The maximum absolute atomic E-state index is 11.6. The molecule has 0 aromatic carbocycles. The number of carbonyl (C=O) groups is 1. The van der Waals surface area contributed by atoms with Crippen molar-refractivity contribution in [3.63, 3.8) is 0 Å². The lowest BCUT2D eigenvalue weighted by molar-refractivity contribution is -0.126. The fraction of sp³-hybridized carbons (Fsp3) is 0.900. The fourth-order valence-electron chi connectivity index (χ4n) is 1.85. The molecule has 0 bridgehead atoms. The van der Waals surface area contributed by atoms with Gasteiger partial charge in [0.1, 0.15) is 6.04 Å². The molecule has 0 aromatic heterocycles. The first-order valence-electron chi connectivity index (χ1n) is 5.45. The first kappa shape index (κ1) is 12.8. The summed E-state index contributed by atoms with van der Waals surface area (Å²) in [5.74, 6) is 1.30. The molecular formula is C10H21N3OS. The van der Waals surface area contributed by atoms with Gasteiger partial charge in [-0.2, -0.15) is 11.8 Å². The van der Waals surface area contributed by atoms with Gasteiger partial charge in [-0.3, -0.25) is 9.69 Å². The maximum Gasteiger partial charge on any atom is 0.238 e. The van der Waals surface area contributed by atoms with E-state index in [9.17, 15) is 4.79 Å². The van der Waals surface area contributed by atoms with Crippen molar-refractivity contribution in [3.8, 4) is 0 Å². The summed E-state index contributed by atoms with van der Waals surface area (Å²) in [5.41, 5.74) is 0. The highest BCUT2D eigenvalue weighted by Gasteiger charge is 2.26. The smallest absolute Gasteiger partial charge is 0.238 e. The lowest BCUT2D eigenvalue weighted by Crippen LogP contribution is -2.57. The zero-order chi connectivity index (χ0) is 11.1. The number of amides is 1. The van der Waals surface area contributed by atoms with Gasteiger partial charge in [-0.15, -0.1) is 0 Å². The summed E-state index contributed by atoms with van der Waals surface area (Å²) in [6, 6.07) is 0.0191. The zero-order valence-electron chi connectivity index (χ0n) is 9.58. The Kier molecular flexibility index (Phi) is 6.05. The molecule has 0 saturated carbocycles. The van der Waals surface area contributed by atoms with Crippen molar-refractivity contribution in [3.05, 3.63) is 0 Å². The van der Waals surface area contributed by atoms with E-state index in [-0.39, 0.29) is 11.9 Å². The standard InChI is InChI=1S/C10H21N3OS/c1-11-10(14)9-8-12-4-6-13(9)5-3-7-15-2/h9,12H,3-8H2,1-2H3,(H,11,14). The summed E-state index contributed by atoms with van der Waals surface area (Å²) in [6.45, 7) is 3.78. The van der Waals surface area contributed by atoms with Gasteiger partial charge in [0.05, 0.1) is 0 Å². The van der Waals surface area contributed by atoms with Crippen molar-refractivity contribution in [1.82, 2.24) is 15.5 Å². The molecule has 1 fully saturated rings. The first-order valence-corrected chi connectivity index (χ1v) is 6.84. The number of piperazine rings is 1. The number of hydrogen-bond donors (Lipinski definition) is 2. The Hall–Kier alpha value is -0.260. The first-order chi connectivity index (χ1) is 7.29. The van der Waals surface area contributed by atoms with Crippen LogP contribution >= 0.6 is 11.8 Å². The largest absolute Gasteiger partial charge is 0.358 e. The summed E-state index contributed by atoms with van der Waals surface area (Å²) >= 11 is 1.86. The quantitative estimate of drug-likeness (QED) is 0.641. The number of nitrogens with zero attached hydrogens (tertiary/aromatic N) is 1. The molecule has 1 heterocycles. The SMILES string of the molecule is CNC(=O)C1CNCCN1CCCSC. The van der Waals surface area contributed by atoms with Crippen LogP contribution in [-0.2, 0) is 4.79 Å². The van der Waals surface area contributed by atoms with Crippen molar-refractivity contribution in [2.24, 2.45) is 0 Å². The van der Waals surface area contributed by atoms with Gasteiger partial charge in [-0.1, -0.05) is 0 Å². The van der Waals surface area contributed by atoms with Gasteiger partial charge in [-0.25, -0.2) is 0 Å². The monoisotopic (exact) mass is 231 g/mol. The van der Waals surface area contributed by atoms with Crippen molar-refractivity contribution in [1.29, 1.82) is 0 Å². The van der Waals surface area contributed by atoms with Crippen molar-refractivity contribution >= 4 is 17.7 Å². The molecule has 0 spiro atoms. The van der Waals surface area contributed by atoms with Gasteiger partial charge in [-0.05, 0) is 25.0 Å². The van der Waals surface area contributed by atoms with E-state index in [0.29, 0.717) is 0 Å². The van der Waals surface area contributed by atoms with Gasteiger partial charge in [0.25, 0.3) is 0 Å². The Labute approximate surface area is 96.2 Å². The summed E-state index contributed by atoms with van der Waals surface area (Å²) in [5, 5.41) is 5.99. The summed E-state index contributed by atoms with van der Waals surface area (Å²) in [4.78, 5) is 13.9. The molecule has 1 amide bonds. The van der Waals surface area contributed by atoms with E-state index < -0.39 is 0 Å². The number of nitrogens with one attached hydrogen (secondary N) is 2. The minimum Gasteiger partial charge on any atom is -0.358 e. The van der Waals surface area contributed by atoms with Crippen molar-refractivity contribution < 1.29 is 4.79 Å². The average Bonchev–Trinajstić information content (AvgIpc) is 2.29. The molecule has 1 saturated heterocycles. The molecule has 1 aliphatic heterocycles. The summed E-state index contributed by atoms with van der Waals surface area (Å²) in [7, 11) is 1.71. The van der Waals surface area contributed by atoms with Crippen molar-refractivity contribution in [2.75, 3.05) is 45.2 Å². The minimum absolute atomic E-state index is 0.0191. The van der Waals surface area contributed by atoms with Crippen LogP contribution in [0.15, 0.2) is 0 Å². The van der Waals surface area contributed by atoms with Gasteiger partial charge >= 0.3 is 0 Å². The van der Waals surface area contributed by atoms with E-state index in [0.717, 1.165) is 32.6 Å². The van der Waals surface area contributed by atoms with Crippen LogP contribution in [0.4, 0.5) is 0 Å². The topological polar surface area (TPSA) is 44.4 Å². The third-order valence-electron chi connectivity index (χ3n) is 2.70. The molecule has 15 heavy (non-hydrogen) atoms. The van der Waals surface area contributed by atoms with Crippen LogP contribution < -0.4 is 10.6 Å². The second-order valence-corrected chi connectivity index (χ2v) is 4.70. The number of carbonyl (C=O) groups excluding carboxylic acids is 1. The normalized spacial score (nSPS) is 22.7. The lowest BCUT2D eigenvalue weighted by Gasteiger charge is -2.34. The second kappa shape index (κ2) is 7.09. The van der Waals surface area contributed by atoms with Crippen LogP contribution in [0.25, 0.3) is 0 Å². The Bertz CT molecular complexity index is 201. The summed E-state index contributed by atoms with van der Waals surface area (Å²) in [6.07, 6.45) is 3.28. The molecule has 1 unspecified atom stereocenters. The Morgan fingerprint density at radius 2 is 2.47 bits per heavy atom. The molecule has 88 valence electrons. The van der Waals surface area contributed by atoms with E-state index in [1.807, 2.05) is 11.8 Å². The third-order valence-corrected chi connectivity index (χ3v) is 3.39. The number of rotatable bonds is 5. The Morgan fingerprint density at radius 1 is 1.67 bits per heavy atom. The molecule has 0 aromatic rings. The van der Waals surface area contributed by atoms with E-state index >= 15 is 0 Å². The van der Waals surface area contributed by atoms with Crippen LogP contribution in [0.1, 0.15) is 6.42 Å². The van der Waals surface area contributed by atoms with Crippen LogP contribution in [0.3, 0.4) is 0 Å². The van der Waals surface area contributed by atoms with Crippen molar-refractivity contribution in [2.45, 2.75) is 12.5 Å². The third kappa shape index (κ3) is 4.01. The predicted octanol–water partition coefficient (Wildman–Crippen LogP) is -0.241. The van der Waals surface area contributed by atoms with E-state index in [1.165, 1.54) is 5.75 Å². The van der Waals surface area contributed by atoms with Gasteiger partial charge in [0.2, 0.25) is 5.91 Å². The Balaban J connectivity index is 2.39. The molecule has 2 N–H and O–H groups in total. The van der Waals surface area contributed by atoms with Crippen LogP contribution in [0.5, 0.6) is 0 Å². The number of thioether (sulfide) groups is 1. The highest BCUT2D eigenvalue weighted by Crippen LogP contribution is 2.06. The van der Waals surface area contributed by atoms with Gasteiger partial charge in [0, 0.05) is 26.7 Å². The van der Waals surface area contributed by atoms with Crippen LogP contribution in [0.2, 0.25) is 0 Å². The number of likely N-dealkylation sites (N-methyl/N-ethyl adjacent to an activating group) is 1. The van der Waals surface area contributed by atoms with Gasteiger partial charge < -0.3 is 10.6 Å². The summed E-state index contributed by atoms with van der Waals surface area (Å²) < 4.78 is 0. The van der Waals surface area contributed by atoms with Crippen LogP contribution in [-0.4, -0.2) is 62.1 Å². The van der Waals surface area contributed by atoms with Gasteiger partial charge in [0.15, 0.2) is 0 Å². The maximum atomic E-state index is 11.6. The molecule has 0 radical (unpaired) electrons. The minimum atomic E-state index is 0.0191. The molecule has 0 aliphatic carbocycles. The fourth-order valence-corrected chi connectivity index (χ4v) is 2.27. The zero-order valence-corrected chi connectivity index (χ0v) is 10.4. The molecule has 4 nitrogen and oxygen atoms in total. The molecule has 1 atom stereocenters. The lowest BCUT2D eigenvalue weighted by atomic mass is 10.1. The average molecular weight is 231 g/mol. The van der Waals surface area contributed by atoms with Crippen LogP contribution in [0, 0.1) is 0 Å². The predicted molar refractivity (Wildman–Crippen MR) is 65.3 cm³/mol. The molecule has 1 rings (SSSR count). The highest BCUT2D eigenvalue weighted by molar-refractivity contribution is 7.98. The second-order valence-electron chi connectivity index (χ2n) is 3.72. The van der Waals surface area contributed by atoms with E-state index in [4.69, 9.17) is 0 Å². The molecule has 1 aliphatic rings. The van der Waals surface area contributed by atoms with E-state index in [1.54, 1.807) is 7.05 Å². The molecular weight excluding hydrogens is 210 g/mol. The highest BCUT2D eigenvalue weighted by atomic mass is 32.2. The Morgan fingerprint density at radius 3 is 3.13 bits per heavy atom.